The monoisotopic (exact) mass is 260 g/mol. The topological polar surface area (TPSA) is 61.3 Å². The van der Waals surface area contributed by atoms with Crippen molar-refractivity contribution in [3.8, 4) is 0 Å². The zero-order valence-corrected chi connectivity index (χ0v) is 11.3. The molecule has 1 heterocycles. The number of para-hydroxylation sites is 1. The molecule has 2 N–H and O–H groups in total. The lowest BCUT2D eigenvalue weighted by molar-refractivity contribution is -0.0232. The zero-order valence-electron chi connectivity index (χ0n) is 11.3. The molecule has 102 valence electrons. The van der Waals surface area contributed by atoms with Crippen molar-refractivity contribution in [2.45, 2.75) is 45.3 Å². The summed E-state index contributed by atoms with van der Waals surface area (Å²) in [4.78, 5) is 4.41. The summed E-state index contributed by atoms with van der Waals surface area (Å²) < 4.78 is 11.6. The molecule has 0 spiro atoms. The van der Waals surface area contributed by atoms with E-state index in [9.17, 15) is 0 Å². The molecule has 1 saturated carbocycles. The van der Waals surface area contributed by atoms with Crippen molar-refractivity contribution in [1.82, 2.24) is 4.98 Å². The summed E-state index contributed by atoms with van der Waals surface area (Å²) in [5, 5.41) is 0. The lowest BCUT2D eigenvalue weighted by atomic mass is 9.88. The van der Waals surface area contributed by atoms with Crippen molar-refractivity contribution >= 4 is 16.8 Å². The summed E-state index contributed by atoms with van der Waals surface area (Å²) in [6.45, 7) is 2.69. The number of nitrogen functional groups attached to an aromatic ring is 1. The summed E-state index contributed by atoms with van der Waals surface area (Å²) in [6, 6.07) is 5.58. The highest BCUT2D eigenvalue weighted by atomic mass is 16.5. The summed E-state index contributed by atoms with van der Waals surface area (Å²) in [5.41, 5.74) is 7.98. The van der Waals surface area contributed by atoms with Gasteiger partial charge in [-0.15, -0.1) is 0 Å². The first-order valence-corrected chi connectivity index (χ1v) is 6.99. The number of oxazole rings is 1. The van der Waals surface area contributed by atoms with Crippen molar-refractivity contribution in [2.75, 3.05) is 5.73 Å². The van der Waals surface area contributed by atoms with Gasteiger partial charge in [-0.25, -0.2) is 4.98 Å². The van der Waals surface area contributed by atoms with Gasteiger partial charge in [0.1, 0.15) is 12.1 Å². The molecule has 1 aromatic heterocycles. The Morgan fingerprint density at radius 3 is 3.00 bits per heavy atom. The fourth-order valence-electron chi connectivity index (χ4n) is 2.79. The number of fused-ring (bicyclic) bond motifs is 1. The van der Waals surface area contributed by atoms with Gasteiger partial charge in [-0.2, -0.15) is 0 Å². The number of aromatic nitrogens is 1. The van der Waals surface area contributed by atoms with Gasteiger partial charge in [0, 0.05) is 0 Å². The first-order chi connectivity index (χ1) is 9.24. The molecule has 2 unspecified atom stereocenters. The summed E-state index contributed by atoms with van der Waals surface area (Å²) >= 11 is 0. The first kappa shape index (κ1) is 12.5. The highest BCUT2D eigenvalue weighted by molar-refractivity contribution is 5.85. The van der Waals surface area contributed by atoms with Crippen molar-refractivity contribution in [3.05, 3.63) is 24.1 Å². The molecule has 1 fully saturated rings. The number of nitrogens with zero attached hydrogens (tertiary/aromatic N) is 1. The van der Waals surface area contributed by atoms with Gasteiger partial charge in [0.15, 0.2) is 5.58 Å². The molecule has 1 aliphatic rings. The maximum Gasteiger partial charge on any atom is 0.221 e. The van der Waals surface area contributed by atoms with Crippen LogP contribution in [0.25, 0.3) is 11.1 Å². The largest absolute Gasteiger partial charge is 0.438 e. The van der Waals surface area contributed by atoms with Crippen LogP contribution in [0, 0.1) is 5.92 Å². The van der Waals surface area contributed by atoms with Crippen LogP contribution in [-0.2, 0) is 11.3 Å². The van der Waals surface area contributed by atoms with Crippen LogP contribution in [0.3, 0.4) is 0 Å². The van der Waals surface area contributed by atoms with Crippen LogP contribution in [-0.4, -0.2) is 11.1 Å². The van der Waals surface area contributed by atoms with Crippen LogP contribution >= 0.6 is 0 Å². The standard InChI is InChI=1S/C15H20N2O2/c1-10-5-2-3-7-12(10)18-9-14-17-15-11(16)6-4-8-13(15)19-14/h4,6,8,10,12H,2-3,5,7,9,16H2,1H3. The predicted octanol–water partition coefficient (Wildman–Crippen LogP) is 3.51. The first-order valence-electron chi connectivity index (χ1n) is 6.99. The van der Waals surface area contributed by atoms with Gasteiger partial charge >= 0.3 is 0 Å². The molecule has 2 atom stereocenters. The SMILES string of the molecule is CC1CCCCC1OCc1nc2c(N)cccc2o1. The van der Waals surface area contributed by atoms with E-state index in [-0.39, 0.29) is 0 Å². The molecule has 4 nitrogen and oxygen atoms in total. The van der Waals surface area contributed by atoms with Gasteiger partial charge in [-0.1, -0.05) is 25.8 Å². The van der Waals surface area contributed by atoms with E-state index in [1.165, 1.54) is 19.3 Å². The molecule has 19 heavy (non-hydrogen) atoms. The molecule has 1 aromatic carbocycles. The van der Waals surface area contributed by atoms with Crippen LogP contribution < -0.4 is 5.73 Å². The third-order valence-corrected chi connectivity index (χ3v) is 3.95. The fraction of sp³-hybridized carbons (Fsp3) is 0.533. The fourth-order valence-corrected chi connectivity index (χ4v) is 2.79. The maximum atomic E-state index is 5.95. The Bertz CT molecular complexity index is 564. The van der Waals surface area contributed by atoms with Gasteiger partial charge in [-0.05, 0) is 30.9 Å². The van der Waals surface area contributed by atoms with E-state index in [1.807, 2.05) is 18.2 Å². The van der Waals surface area contributed by atoms with Crippen LogP contribution in [0.15, 0.2) is 22.6 Å². The lowest BCUT2D eigenvalue weighted by Gasteiger charge is -2.28. The van der Waals surface area contributed by atoms with Crippen LogP contribution in [0.4, 0.5) is 5.69 Å². The van der Waals surface area contributed by atoms with Crippen LogP contribution in [0.1, 0.15) is 38.5 Å². The normalized spacial score (nSPS) is 23.8. The number of hydrogen-bond acceptors (Lipinski definition) is 4. The quantitative estimate of drug-likeness (QED) is 0.858. The molecule has 0 radical (unpaired) electrons. The lowest BCUT2D eigenvalue weighted by Crippen LogP contribution is -2.25. The molecule has 1 aliphatic carbocycles. The van der Waals surface area contributed by atoms with E-state index in [1.54, 1.807) is 0 Å². The Morgan fingerprint density at radius 2 is 2.21 bits per heavy atom. The minimum Gasteiger partial charge on any atom is -0.438 e. The van der Waals surface area contributed by atoms with E-state index in [2.05, 4.69) is 11.9 Å². The van der Waals surface area contributed by atoms with Crippen LogP contribution in [0.2, 0.25) is 0 Å². The van der Waals surface area contributed by atoms with E-state index in [0.717, 1.165) is 17.5 Å². The second-order valence-corrected chi connectivity index (χ2v) is 5.41. The molecule has 0 amide bonds. The van der Waals surface area contributed by atoms with E-state index >= 15 is 0 Å². The van der Waals surface area contributed by atoms with E-state index < -0.39 is 0 Å². The molecule has 2 aromatic rings. The van der Waals surface area contributed by atoms with Gasteiger partial charge in [0.25, 0.3) is 0 Å². The Morgan fingerprint density at radius 1 is 1.37 bits per heavy atom. The van der Waals surface area contributed by atoms with Crippen LogP contribution in [0.5, 0.6) is 0 Å². The highest BCUT2D eigenvalue weighted by Gasteiger charge is 2.22. The number of hydrogen-bond donors (Lipinski definition) is 1. The third-order valence-electron chi connectivity index (χ3n) is 3.95. The minimum absolute atomic E-state index is 0.334. The Balaban J connectivity index is 1.69. The average molecular weight is 260 g/mol. The molecular weight excluding hydrogens is 240 g/mol. The molecule has 0 saturated heterocycles. The summed E-state index contributed by atoms with van der Waals surface area (Å²) in [7, 11) is 0. The second-order valence-electron chi connectivity index (χ2n) is 5.41. The van der Waals surface area contributed by atoms with Crippen molar-refractivity contribution in [2.24, 2.45) is 5.92 Å². The van der Waals surface area contributed by atoms with Crippen molar-refractivity contribution in [1.29, 1.82) is 0 Å². The Kier molecular flexibility index (Phi) is 3.42. The van der Waals surface area contributed by atoms with Gasteiger partial charge < -0.3 is 14.9 Å². The molecule has 0 bridgehead atoms. The van der Waals surface area contributed by atoms with Gasteiger partial charge in [-0.3, -0.25) is 0 Å². The average Bonchev–Trinajstić information content (AvgIpc) is 2.82. The zero-order chi connectivity index (χ0) is 13.2. The molecule has 0 aliphatic heterocycles. The van der Waals surface area contributed by atoms with E-state index in [4.69, 9.17) is 14.9 Å². The minimum atomic E-state index is 0.334. The summed E-state index contributed by atoms with van der Waals surface area (Å²) in [5.74, 6) is 1.24. The van der Waals surface area contributed by atoms with Crippen molar-refractivity contribution < 1.29 is 9.15 Å². The molecule has 3 rings (SSSR count). The highest BCUT2D eigenvalue weighted by Crippen LogP contribution is 2.28. The Hall–Kier alpha value is -1.55. The third kappa shape index (κ3) is 2.59. The Labute approximate surface area is 112 Å². The maximum absolute atomic E-state index is 5.95. The second kappa shape index (κ2) is 5.21. The van der Waals surface area contributed by atoms with Crippen molar-refractivity contribution in [3.63, 3.8) is 0 Å². The number of anilines is 1. The molecule has 4 heteroatoms. The summed E-state index contributed by atoms with van der Waals surface area (Å²) in [6.07, 6.45) is 5.31. The smallest absolute Gasteiger partial charge is 0.221 e. The number of benzene rings is 1. The predicted molar refractivity (Wildman–Crippen MR) is 74.6 cm³/mol. The number of rotatable bonds is 3. The van der Waals surface area contributed by atoms with Gasteiger partial charge in [0.05, 0.1) is 11.8 Å². The number of ether oxygens (including phenoxy) is 1. The van der Waals surface area contributed by atoms with Gasteiger partial charge in [0.2, 0.25) is 5.89 Å². The number of nitrogens with two attached hydrogens (primary N) is 1. The van der Waals surface area contributed by atoms with E-state index in [0.29, 0.717) is 30.2 Å². The molecular formula is C15H20N2O2.